The number of carbonyl (C=O) groups is 1. The van der Waals surface area contributed by atoms with E-state index in [4.69, 9.17) is 0 Å². The lowest BCUT2D eigenvalue weighted by atomic mass is 9.68. The van der Waals surface area contributed by atoms with Gasteiger partial charge < -0.3 is 5.11 Å². The molecule has 0 bridgehead atoms. The SMILES string of the molecule is CCc1ccc(CN2CC(C(=O)O)CCC23CCC3)nc1. The van der Waals surface area contributed by atoms with Gasteiger partial charge in [-0.3, -0.25) is 14.7 Å². The third kappa shape index (κ3) is 2.82. The molecule has 2 heterocycles. The second-order valence-electron chi connectivity index (χ2n) is 6.54. The molecule has 1 aliphatic carbocycles. The average molecular weight is 288 g/mol. The number of carboxylic acids is 1. The smallest absolute Gasteiger partial charge is 0.307 e. The predicted octanol–water partition coefficient (Wildman–Crippen LogP) is 2.86. The molecule has 4 nitrogen and oxygen atoms in total. The Morgan fingerprint density at radius 3 is 2.76 bits per heavy atom. The normalized spacial score (nSPS) is 24.7. The van der Waals surface area contributed by atoms with Crippen molar-refractivity contribution in [1.82, 2.24) is 9.88 Å². The number of aryl methyl sites for hydroxylation is 1. The van der Waals surface area contributed by atoms with Crippen LogP contribution in [0.3, 0.4) is 0 Å². The van der Waals surface area contributed by atoms with E-state index in [9.17, 15) is 9.90 Å². The maximum Gasteiger partial charge on any atom is 0.307 e. The molecule has 1 unspecified atom stereocenters. The molecule has 1 atom stereocenters. The first kappa shape index (κ1) is 14.5. The zero-order valence-electron chi connectivity index (χ0n) is 12.7. The Hall–Kier alpha value is -1.42. The van der Waals surface area contributed by atoms with Crippen LogP contribution in [0.2, 0.25) is 0 Å². The zero-order chi connectivity index (χ0) is 14.9. The van der Waals surface area contributed by atoms with E-state index in [0.29, 0.717) is 6.54 Å². The summed E-state index contributed by atoms with van der Waals surface area (Å²) in [4.78, 5) is 18.3. The highest BCUT2D eigenvalue weighted by Crippen LogP contribution is 2.46. The topological polar surface area (TPSA) is 53.4 Å². The van der Waals surface area contributed by atoms with Crippen LogP contribution in [-0.4, -0.2) is 33.0 Å². The number of likely N-dealkylation sites (tertiary alicyclic amines) is 1. The molecule has 114 valence electrons. The van der Waals surface area contributed by atoms with Gasteiger partial charge in [-0.1, -0.05) is 13.0 Å². The minimum atomic E-state index is -0.650. The molecule has 0 radical (unpaired) electrons. The van der Waals surface area contributed by atoms with Crippen LogP contribution >= 0.6 is 0 Å². The number of hydrogen-bond acceptors (Lipinski definition) is 3. The van der Waals surface area contributed by atoms with Crippen molar-refractivity contribution >= 4 is 5.97 Å². The summed E-state index contributed by atoms with van der Waals surface area (Å²) in [7, 11) is 0. The highest BCUT2D eigenvalue weighted by atomic mass is 16.4. The van der Waals surface area contributed by atoms with Crippen LogP contribution in [0, 0.1) is 5.92 Å². The van der Waals surface area contributed by atoms with E-state index in [2.05, 4.69) is 28.9 Å². The summed E-state index contributed by atoms with van der Waals surface area (Å²) in [6.45, 7) is 3.59. The lowest BCUT2D eigenvalue weighted by molar-refractivity contribution is -0.147. The van der Waals surface area contributed by atoms with Gasteiger partial charge >= 0.3 is 5.97 Å². The van der Waals surface area contributed by atoms with Gasteiger partial charge in [0.1, 0.15) is 0 Å². The second-order valence-corrected chi connectivity index (χ2v) is 6.54. The number of nitrogens with zero attached hydrogens (tertiary/aromatic N) is 2. The predicted molar refractivity (Wildman–Crippen MR) is 81.0 cm³/mol. The van der Waals surface area contributed by atoms with Crippen LogP contribution < -0.4 is 0 Å². The van der Waals surface area contributed by atoms with Gasteiger partial charge in [0.25, 0.3) is 0 Å². The van der Waals surface area contributed by atoms with Crippen LogP contribution in [0.1, 0.15) is 50.3 Å². The first-order valence-electron chi connectivity index (χ1n) is 8.05. The van der Waals surface area contributed by atoms with Crippen molar-refractivity contribution < 1.29 is 9.90 Å². The quantitative estimate of drug-likeness (QED) is 0.925. The minimum absolute atomic E-state index is 0.217. The molecule has 2 fully saturated rings. The summed E-state index contributed by atoms with van der Waals surface area (Å²) in [6.07, 6.45) is 8.50. The molecular formula is C17H24N2O2. The van der Waals surface area contributed by atoms with E-state index >= 15 is 0 Å². The molecule has 21 heavy (non-hydrogen) atoms. The number of hydrogen-bond donors (Lipinski definition) is 1. The second kappa shape index (κ2) is 5.76. The Labute approximate surface area is 126 Å². The fourth-order valence-corrected chi connectivity index (χ4v) is 3.69. The zero-order valence-corrected chi connectivity index (χ0v) is 12.7. The van der Waals surface area contributed by atoms with Crippen LogP contribution in [0.5, 0.6) is 0 Å². The summed E-state index contributed by atoms with van der Waals surface area (Å²) in [5.41, 5.74) is 2.57. The van der Waals surface area contributed by atoms with Gasteiger partial charge in [0.15, 0.2) is 0 Å². The highest BCUT2D eigenvalue weighted by molar-refractivity contribution is 5.70. The molecule has 4 heteroatoms. The van der Waals surface area contributed by atoms with Crippen molar-refractivity contribution in [3.8, 4) is 0 Å². The molecule has 1 N–H and O–H groups in total. The van der Waals surface area contributed by atoms with Crippen LogP contribution in [-0.2, 0) is 17.8 Å². The molecule has 1 spiro atoms. The van der Waals surface area contributed by atoms with Gasteiger partial charge in [-0.05, 0) is 50.2 Å². The summed E-state index contributed by atoms with van der Waals surface area (Å²) >= 11 is 0. The maximum absolute atomic E-state index is 11.3. The van der Waals surface area contributed by atoms with Crippen LogP contribution in [0.25, 0.3) is 0 Å². The van der Waals surface area contributed by atoms with Crippen molar-refractivity contribution in [3.63, 3.8) is 0 Å². The van der Waals surface area contributed by atoms with Crippen molar-refractivity contribution in [1.29, 1.82) is 0 Å². The fourth-order valence-electron chi connectivity index (χ4n) is 3.69. The van der Waals surface area contributed by atoms with Gasteiger partial charge in [0, 0.05) is 24.8 Å². The summed E-state index contributed by atoms with van der Waals surface area (Å²) in [6, 6.07) is 4.23. The Kier molecular flexibility index (Phi) is 3.98. The molecule has 0 amide bonds. The average Bonchev–Trinajstić information content (AvgIpc) is 2.46. The van der Waals surface area contributed by atoms with Gasteiger partial charge in [-0.15, -0.1) is 0 Å². The Morgan fingerprint density at radius 2 is 2.24 bits per heavy atom. The van der Waals surface area contributed by atoms with Crippen molar-refractivity contribution in [2.45, 2.75) is 57.5 Å². The lowest BCUT2D eigenvalue weighted by Crippen LogP contribution is -2.58. The molecular weight excluding hydrogens is 264 g/mol. The molecule has 1 aromatic rings. The van der Waals surface area contributed by atoms with Crippen molar-refractivity contribution in [2.24, 2.45) is 5.92 Å². The first-order valence-corrected chi connectivity index (χ1v) is 8.05. The molecule has 1 saturated heterocycles. The number of aliphatic carboxylic acids is 1. The summed E-state index contributed by atoms with van der Waals surface area (Å²) in [5, 5.41) is 9.31. The Morgan fingerprint density at radius 1 is 1.43 bits per heavy atom. The molecule has 1 aliphatic heterocycles. The highest BCUT2D eigenvalue weighted by Gasteiger charge is 2.47. The van der Waals surface area contributed by atoms with Crippen molar-refractivity contribution in [2.75, 3.05) is 6.54 Å². The third-order valence-corrected chi connectivity index (χ3v) is 5.35. The summed E-state index contributed by atoms with van der Waals surface area (Å²) < 4.78 is 0. The number of aromatic nitrogens is 1. The van der Waals surface area contributed by atoms with Gasteiger partial charge in [-0.2, -0.15) is 0 Å². The lowest BCUT2D eigenvalue weighted by Gasteiger charge is -2.54. The Bertz CT molecular complexity index is 508. The molecule has 1 saturated carbocycles. The van der Waals surface area contributed by atoms with Crippen LogP contribution in [0.4, 0.5) is 0 Å². The largest absolute Gasteiger partial charge is 0.481 e. The van der Waals surface area contributed by atoms with Gasteiger partial charge in [-0.25, -0.2) is 0 Å². The Balaban J connectivity index is 1.74. The van der Waals surface area contributed by atoms with E-state index in [1.54, 1.807) is 0 Å². The van der Waals surface area contributed by atoms with Gasteiger partial charge in [0.05, 0.1) is 11.6 Å². The van der Waals surface area contributed by atoms with E-state index < -0.39 is 5.97 Å². The number of pyridine rings is 1. The number of piperidine rings is 1. The molecule has 2 aliphatic rings. The van der Waals surface area contributed by atoms with Crippen molar-refractivity contribution in [3.05, 3.63) is 29.6 Å². The number of rotatable bonds is 4. The molecule has 1 aromatic heterocycles. The number of carboxylic acid groups (broad SMARTS) is 1. The summed E-state index contributed by atoms with van der Waals surface area (Å²) in [5.74, 6) is -0.866. The maximum atomic E-state index is 11.3. The fraction of sp³-hybridized carbons (Fsp3) is 0.647. The minimum Gasteiger partial charge on any atom is -0.481 e. The van der Waals surface area contributed by atoms with Gasteiger partial charge in [0.2, 0.25) is 0 Å². The standard InChI is InChI=1S/C17H24N2O2/c1-2-13-4-5-15(18-10-13)12-19-11-14(16(20)21)6-9-17(19)7-3-8-17/h4-5,10,14H,2-3,6-9,11-12H2,1H3,(H,20,21). The monoisotopic (exact) mass is 288 g/mol. The van der Waals surface area contributed by atoms with E-state index in [1.807, 2.05) is 6.20 Å². The van der Waals surface area contributed by atoms with Crippen LogP contribution in [0.15, 0.2) is 18.3 Å². The molecule has 0 aromatic carbocycles. The first-order chi connectivity index (χ1) is 10.1. The third-order valence-electron chi connectivity index (χ3n) is 5.35. The van der Waals surface area contributed by atoms with E-state index in [0.717, 1.165) is 31.5 Å². The van der Waals surface area contributed by atoms with E-state index in [1.165, 1.54) is 24.8 Å². The molecule has 3 rings (SSSR count). The van der Waals surface area contributed by atoms with E-state index in [-0.39, 0.29) is 11.5 Å².